The first kappa shape index (κ1) is 15.3. The lowest BCUT2D eigenvalue weighted by Gasteiger charge is -2.31. The molecule has 114 valence electrons. The zero-order valence-electron chi connectivity index (χ0n) is 11.6. The first-order valence-electron chi connectivity index (χ1n) is 6.77. The van der Waals surface area contributed by atoms with E-state index in [1.54, 1.807) is 0 Å². The first-order chi connectivity index (χ1) is 9.26. The van der Waals surface area contributed by atoms with E-state index in [2.05, 4.69) is 10.4 Å². The van der Waals surface area contributed by atoms with Crippen LogP contribution in [0.2, 0.25) is 0 Å². The van der Waals surface area contributed by atoms with Crippen molar-refractivity contribution in [2.75, 3.05) is 6.61 Å². The number of hydrogen-bond donors (Lipinski definition) is 2. The summed E-state index contributed by atoms with van der Waals surface area (Å²) >= 11 is 0. The molecule has 1 aliphatic carbocycles. The molecule has 2 rings (SSSR count). The fraction of sp³-hybridized carbons (Fsp3) is 0.769. The molecule has 0 saturated heterocycles. The van der Waals surface area contributed by atoms with Crippen molar-refractivity contribution in [3.8, 4) is 0 Å². The van der Waals surface area contributed by atoms with Crippen molar-refractivity contribution < 1.29 is 18.3 Å². The highest BCUT2D eigenvalue weighted by Gasteiger charge is 2.41. The van der Waals surface area contributed by atoms with Crippen LogP contribution in [0.15, 0.2) is 12.3 Å². The highest BCUT2D eigenvalue weighted by atomic mass is 19.4. The van der Waals surface area contributed by atoms with Crippen molar-refractivity contribution >= 4 is 0 Å². The van der Waals surface area contributed by atoms with Crippen LogP contribution in [0.4, 0.5) is 13.2 Å². The fourth-order valence-electron chi connectivity index (χ4n) is 2.95. The summed E-state index contributed by atoms with van der Waals surface area (Å²) in [4.78, 5) is 0. The standard InChI is InChI=1S/C13H20F3N3O/c1-9(2)17-12(8-20)5-3-10(7-12)19-6-4-11(18-19)13(14,15)16/h4,6,9-10,17,20H,3,5,7-8H2,1-2H3. The van der Waals surface area contributed by atoms with Crippen LogP contribution in [0.25, 0.3) is 0 Å². The van der Waals surface area contributed by atoms with E-state index in [1.165, 1.54) is 10.9 Å². The van der Waals surface area contributed by atoms with Gasteiger partial charge in [0, 0.05) is 17.8 Å². The Labute approximate surface area is 116 Å². The van der Waals surface area contributed by atoms with E-state index < -0.39 is 17.4 Å². The normalized spacial score (nSPS) is 27.4. The Balaban J connectivity index is 2.10. The van der Waals surface area contributed by atoms with E-state index in [1.807, 2.05) is 13.8 Å². The van der Waals surface area contributed by atoms with Crippen molar-refractivity contribution in [1.29, 1.82) is 0 Å². The molecule has 0 aliphatic heterocycles. The molecular weight excluding hydrogens is 271 g/mol. The molecular formula is C13H20F3N3O. The van der Waals surface area contributed by atoms with Crippen molar-refractivity contribution in [1.82, 2.24) is 15.1 Å². The molecule has 2 unspecified atom stereocenters. The molecule has 1 aliphatic rings. The molecule has 2 N–H and O–H groups in total. The van der Waals surface area contributed by atoms with Crippen LogP contribution in [-0.4, -0.2) is 33.1 Å². The molecule has 1 heterocycles. The van der Waals surface area contributed by atoms with Gasteiger partial charge in [0.1, 0.15) is 0 Å². The fourth-order valence-corrected chi connectivity index (χ4v) is 2.95. The summed E-state index contributed by atoms with van der Waals surface area (Å²) in [6, 6.07) is 1.10. The van der Waals surface area contributed by atoms with Crippen LogP contribution >= 0.6 is 0 Å². The average molecular weight is 291 g/mol. The number of nitrogens with one attached hydrogen (secondary N) is 1. The number of rotatable bonds is 4. The molecule has 1 aromatic heterocycles. The largest absolute Gasteiger partial charge is 0.435 e. The van der Waals surface area contributed by atoms with Gasteiger partial charge in [-0.2, -0.15) is 18.3 Å². The zero-order valence-corrected chi connectivity index (χ0v) is 11.6. The SMILES string of the molecule is CC(C)NC1(CO)CCC(n2ccc(C(F)(F)F)n2)C1. The highest BCUT2D eigenvalue weighted by molar-refractivity contribution is 5.06. The number of alkyl halides is 3. The van der Waals surface area contributed by atoms with E-state index in [4.69, 9.17) is 0 Å². The first-order valence-corrected chi connectivity index (χ1v) is 6.77. The third-order valence-corrected chi connectivity index (χ3v) is 3.75. The number of hydrogen-bond acceptors (Lipinski definition) is 3. The van der Waals surface area contributed by atoms with Crippen LogP contribution in [0.3, 0.4) is 0 Å². The van der Waals surface area contributed by atoms with E-state index in [-0.39, 0.29) is 18.7 Å². The number of aromatic nitrogens is 2. The van der Waals surface area contributed by atoms with Gasteiger partial charge in [0.05, 0.1) is 12.6 Å². The number of aliphatic hydroxyl groups excluding tert-OH is 1. The van der Waals surface area contributed by atoms with Crippen LogP contribution in [0.1, 0.15) is 44.8 Å². The van der Waals surface area contributed by atoms with Crippen molar-refractivity contribution in [2.45, 2.75) is 56.9 Å². The zero-order chi connectivity index (χ0) is 15.0. The monoisotopic (exact) mass is 291 g/mol. The van der Waals surface area contributed by atoms with Crippen molar-refractivity contribution in [2.24, 2.45) is 0 Å². The van der Waals surface area contributed by atoms with Gasteiger partial charge in [0.2, 0.25) is 0 Å². The molecule has 7 heteroatoms. The van der Waals surface area contributed by atoms with Crippen LogP contribution in [-0.2, 0) is 6.18 Å². The van der Waals surface area contributed by atoms with Gasteiger partial charge in [0.25, 0.3) is 0 Å². The molecule has 1 saturated carbocycles. The summed E-state index contributed by atoms with van der Waals surface area (Å²) in [5.41, 5.74) is -1.28. The Morgan fingerprint density at radius 2 is 2.25 bits per heavy atom. The summed E-state index contributed by atoms with van der Waals surface area (Å²) < 4.78 is 39.0. The third kappa shape index (κ3) is 3.15. The lowest BCUT2D eigenvalue weighted by atomic mass is 9.97. The summed E-state index contributed by atoms with van der Waals surface area (Å²) in [5, 5.41) is 16.5. The van der Waals surface area contributed by atoms with Gasteiger partial charge in [-0.05, 0) is 25.3 Å². The number of halogens is 3. The van der Waals surface area contributed by atoms with Gasteiger partial charge in [-0.15, -0.1) is 0 Å². The number of nitrogens with zero attached hydrogens (tertiary/aromatic N) is 2. The topological polar surface area (TPSA) is 50.1 Å². The van der Waals surface area contributed by atoms with Crippen molar-refractivity contribution in [3.05, 3.63) is 18.0 Å². The van der Waals surface area contributed by atoms with Gasteiger partial charge >= 0.3 is 6.18 Å². The maximum atomic E-state index is 12.6. The predicted molar refractivity (Wildman–Crippen MR) is 68.2 cm³/mol. The molecule has 0 amide bonds. The second kappa shape index (κ2) is 5.37. The Hall–Kier alpha value is -1.08. The predicted octanol–water partition coefficient (Wildman–Crippen LogP) is 2.36. The Kier molecular flexibility index (Phi) is 4.11. The van der Waals surface area contributed by atoms with Crippen LogP contribution in [0, 0.1) is 0 Å². The van der Waals surface area contributed by atoms with Gasteiger partial charge < -0.3 is 10.4 Å². The van der Waals surface area contributed by atoms with Crippen LogP contribution in [0.5, 0.6) is 0 Å². The molecule has 0 radical (unpaired) electrons. The minimum Gasteiger partial charge on any atom is -0.394 e. The second-order valence-electron chi connectivity index (χ2n) is 5.81. The maximum Gasteiger partial charge on any atom is 0.435 e. The molecule has 4 nitrogen and oxygen atoms in total. The van der Waals surface area contributed by atoms with Gasteiger partial charge in [0.15, 0.2) is 5.69 Å². The summed E-state index contributed by atoms with van der Waals surface area (Å²) in [6.07, 6.45) is -1.02. The summed E-state index contributed by atoms with van der Waals surface area (Å²) in [5.74, 6) is 0. The maximum absolute atomic E-state index is 12.6. The molecule has 0 bridgehead atoms. The molecule has 1 aromatic rings. The van der Waals surface area contributed by atoms with E-state index in [0.29, 0.717) is 12.8 Å². The third-order valence-electron chi connectivity index (χ3n) is 3.75. The Morgan fingerprint density at radius 1 is 1.55 bits per heavy atom. The summed E-state index contributed by atoms with van der Waals surface area (Å²) in [6.45, 7) is 3.95. The molecule has 0 spiro atoms. The quantitative estimate of drug-likeness (QED) is 0.895. The lowest BCUT2D eigenvalue weighted by molar-refractivity contribution is -0.141. The number of aliphatic hydroxyl groups is 1. The second-order valence-corrected chi connectivity index (χ2v) is 5.81. The van der Waals surface area contributed by atoms with Crippen LogP contribution < -0.4 is 5.32 Å². The van der Waals surface area contributed by atoms with E-state index in [0.717, 1.165) is 12.5 Å². The molecule has 1 fully saturated rings. The Morgan fingerprint density at radius 3 is 2.75 bits per heavy atom. The highest BCUT2D eigenvalue weighted by Crippen LogP contribution is 2.38. The summed E-state index contributed by atoms with van der Waals surface area (Å²) in [7, 11) is 0. The van der Waals surface area contributed by atoms with E-state index >= 15 is 0 Å². The molecule has 0 aromatic carbocycles. The van der Waals surface area contributed by atoms with Crippen molar-refractivity contribution in [3.63, 3.8) is 0 Å². The molecule has 20 heavy (non-hydrogen) atoms. The van der Waals surface area contributed by atoms with Gasteiger partial charge in [-0.25, -0.2) is 0 Å². The minimum atomic E-state index is -4.41. The minimum absolute atomic E-state index is 0.0188. The Bertz CT molecular complexity index is 458. The van der Waals surface area contributed by atoms with E-state index in [9.17, 15) is 18.3 Å². The average Bonchev–Trinajstić information content (AvgIpc) is 2.93. The molecule has 2 atom stereocenters. The van der Waals surface area contributed by atoms with Gasteiger partial charge in [-0.3, -0.25) is 4.68 Å². The lowest BCUT2D eigenvalue weighted by Crippen LogP contribution is -2.49. The van der Waals surface area contributed by atoms with Gasteiger partial charge in [-0.1, -0.05) is 13.8 Å². The smallest absolute Gasteiger partial charge is 0.394 e.